The van der Waals surface area contributed by atoms with Crippen LogP contribution in [0.1, 0.15) is 0 Å². The Kier molecular flexibility index (Phi) is 18.5. The molecule has 21 N–H and O–H groups in total. The molecule has 0 spiro atoms. The van der Waals surface area contributed by atoms with Crippen LogP contribution in [0.5, 0.6) is 0 Å². The van der Waals surface area contributed by atoms with E-state index in [1.54, 1.807) is 7.05 Å². The van der Waals surface area contributed by atoms with Gasteiger partial charge in [-0.1, -0.05) is 0 Å². The van der Waals surface area contributed by atoms with E-state index in [1.807, 2.05) is 0 Å². The summed E-state index contributed by atoms with van der Waals surface area (Å²) in [4.78, 5) is 0. The molecule has 0 aliphatic carbocycles. The van der Waals surface area contributed by atoms with Gasteiger partial charge in [0.05, 0.1) is 0 Å². The third-order valence-electron chi connectivity index (χ3n) is 1.20. The largest absolute Gasteiger partial charge is 0.257 e. The zero-order valence-corrected chi connectivity index (χ0v) is 11.1. The Bertz CT molecular complexity index is 149. The minimum Gasteiger partial charge on any atom is -0.257 e. The van der Waals surface area contributed by atoms with E-state index in [-0.39, 0.29) is 0 Å². The Hall–Kier alpha value is -0.800. The fourth-order valence-electron chi connectivity index (χ4n) is 0.567. The van der Waals surface area contributed by atoms with Crippen molar-refractivity contribution in [3.8, 4) is 0 Å². The Balaban J connectivity index is 2.90. The van der Waals surface area contributed by atoms with E-state index in [0.29, 0.717) is 0 Å². The van der Waals surface area contributed by atoms with Crippen LogP contribution in [0.25, 0.3) is 0 Å². The van der Waals surface area contributed by atoms with Crippen molar-refractivity contribution in [2.45, 2.75) is 0 Å². The zero-order valence-electron chi connectivity index (χ0n) is 11.1. The highest BCUT2D eigenvalue weighted by Crippen LogP contribution is 1.29. The molecule has 0 atom stereocenters. The monoisotopic (exact) mass is 316 g/mol. The first kappa shape index (κ1) is 20.2. The fourth-order valence-corrected chi connectivity index (χ4v) is 0.567. The maximum Gasteiger partial charge on any atom is -0.000111 e. The van der Waals surface area contributed by atoms with Crippen LogP contribution >= 0.6 is 0 Å². The number of hydrogen-bond donors (Lipinski definition) is 20. The Morgan fingerprint density at radius 2 is 0.619 bits per heavy atom. The highest BCUT2D eigenvalue weighted by molar-refractivity contribution is 4.17. The molecule has 0 aliphatic rings. The zero-order chi connectivity index (χ0) is 15.4. The third-order valence-corrected chi connectivity index (χ3v) is 1.20. The van der Waals surface area contributed by atoms with Crippen LogP contribution in [0.15, 0.2) is 0 Å². The van der Waals surface area contributed by atoms with Crippen molar-refractivity contribution in [2.75, 3.05) is 7.05 Å². The lowest BCUT2D eigenvalue weighted by atomic mass is 11.5. The fraction of sp³-hybridized carbons (Fsp3) is 1.00. The molecule has 0 heterocycles. The number of hydrazine groups is 19. The highest BCUT2D eigenvalue weighted by Gasteiger charge is 1.83. The standard InChI is InChI=1S/CH24N20/c1-3-5-7-9-11-13-15-17-19-21-20-18-16-14-12-10-8-6-4-2/h3-21H,2H2,1H3. The molecule has 0 amide bonds. The average molecular weight is 316 g/mol. The van der Waals surface area contributed by atoms with Gasteiger partial charge in [0.15, 0.2) is 0 Å². The summed E-state index contributed by atoms with van der Waals surface area (Å²) in [6.07, 6.45) is 0. The molecule has 21 heavy (non-hydrogen) atoms. The third kappa shape index (κ3) is 19.2. The van der Waals surface area contributed by atoms with Gasteiger partial charge in [-0.05, 0) is 7.05 Å². The summed E-state index contributed by atoms with van der Waals surface area (Å²) in [5.41, 5.74) is 46.9. The van der Waals surface area contributed by atoms with E-state index < -0.39 is 0 Å². The molecule has 0 unspecified atom stereocenters. The molecular weight excluding hydrogens is 292 g/mol. The van der Waals surface area contributed by atoms with Gasteiger partial charge in [0.1, 0.15) is 0 Å². The van der Waals surface area contributed by atoms with E-state index in [2.05, 4.69) is 105 Å². The Morgan fingerprint density at radius 3 is 0.857 bits per heavy atom. The smallest absolute Gasteiger partial charge is 0.000111 e. The lowest BCUT2D eigenvalue weighted by Gasteiger charge is -2.14. The highest BCUT2D eigenvalue weighted by atomic mass is 16.0. The maximum atomic E-state index is 4.90. The van der Waals surface area contributed by atoms with Crippen LogP contribution in [0.2, 0.25) is 0 Å². The summed E-state index contributed by atoms with van der Waals surface area (Å²) in [6, 6.07) is 0. The van der Waals surface area contributed by atoms with E-state index in [0.717, 1.165) is 0 Å². The summed E-state index contributed by atoms with van der Waals surface area (Å²) >= 11 is 0. The second-order valence-corrected chi connectivity index (χ2v) is 2.52. The summed E-state index contributed by atoms with van der Waals surface area (Å²) in [6.45, 7) is 0. The predicted molar refractivity (Wildman–Crippen MR) is 69.7 cm³/mol. The second kappa shape index (κ2) is 19.2. The van der Waals surface area contributed by atoms with E-state index in [9.17, 15) is 0 Å². The second-order valence-electron chi connectivity index (χ2n) is 2.52. The number of rotatable bonds is 18. The molecule has 0 aliphatic heterocycles. The molecule has 0 rings (SSSR count). The van der Waals surface area contributed by atoms with Crippen molar-refractivity contribution < 1.29 is 0 Å². The van der Waals surface area contributed by atoms with Crippen molar-refractivity contribution in [3.05, 3.63) is 0 Å². The minimum atomic E-state index is 1.70. The Labute approximate surface area is 119 Å². The molecule has 0 fully saturated rings. The SMILES string of the molecule is CNNNNNNNNNNNNNNNNNNNN. The van der Waals surface area contributed by atoms with Crippen LogP contribution in [-0.2, 0) is 0 Å². The molecule has 0 saturated carbocycles. The molecule has 0 aromatic carbocycles. The van der Waals surface area contributed by atoms with E-state index in [1.165, 1.54) is 0 Å². The van der Waals surface area contributed by atoms with Crippen molar-refractivity contribution in [1.82, 2.24) is 105 Å². The van der Waals surface area contributed by atoms with Gasteiger partial charge in [0.2, 0.25) is 0 Å². The number of nitrogens with two attached hydrogens (primary N) is 1. The van der Waals surface area contributed by atoms with Crippen molar-refractivity contribution in [3.63, 3.8) is 0 Å². The first-order valence-corrected chi connectivity index (χ1v) is 5.29. The topological polar surface area (TPSA) is 255 Å². The van der Waals surface area contributed by atoms with Gasteiger partial charge >= 0.3 is 0 Å². The molecule has 0 aromatic heterocycles. The van der Waals surface area contributed by atoms with Crippen LogP contribution in [0.4, 0.5) is 0 Å². The van der Waals surface area contributed by atoms with Crippen LogP contribution in [0, 0.1) is 0 Å². The molecular formula is CH24N20. The number of hydrogen-bond acceptors (Lipinski definition) is 20. The molecule has 0 bridgehead atoms. The number of nitrogens with one attached hydrogen (secondary N) is 19. The minimum absolute atomic E-state index is 1.70. The predicted octanol–water partition coefficient (Wildman–Crippen LogP) is -9.84. The van der Waals surface area contributed by atoms with Crippen molar-refractivity contribution >= 4 is 0 Å². The molecule has 0 aromatic rings. The summed E-state index contributed by atoms with van der Waals surface area (Å²) < 4.78 is 0. The Morgan fingerprint density at radius 1 is 0.381 bits per heavy atom. The lowest BCUT2D eigenvalue weighted by molar-refractivity contribution is 0.195. The normalized spacial score (nSPS) is 11.1. The van der Waals surface area contributed by atoms with Gasteiger partial charge in [-0.3, -0.25) is 5.84 Å². The molecule has 128 valence electrons. The van der Waals surface area contributed by atoms with Gasteiger partial charge < -0.3 is 0 Å². The quantitative estimate of drug-likeness (QED) is 0.0635. The van der Waals surface area contributed by atoms with Crippen LogP contribution in [0.3, 0.4) is 0 Å². The first-order valence-electron chi connectivity index (χ1n) is 5.29. The van der Waals surface area contributed by atoms with E-state index in [4.69, 9.17) is 5.84 Å². The van der Waals surface area contributed by atoms with Crippen LogP contribution < -0.4 is 111 Å². The van der Waals surface area contributed by atoms with E-state index >= 15 is 0 Å². The molecule has 20 nitrogen and oxygen atoms in total. The summed E-state index contributed by atoms with van der Waals surface area (Å²) in [5, 5.41) is 0. The van der Waals surface area contributed by atoms with Gasteiger partial charge in [-0.2, -0.15) is 99.6 Å². The van der Waals surface area contributed by atoms with Gasteiger partial charge in [-0.15, -0.1) is 0 Å². The summed E-state index contributed by atoms with van der Waals surface area (Å²) in [5.74, 6) is 4.90. The lowest BCUT2D eigenvalue weighted by Crippen LogP contribution is -2.69. The average Bonchev–Trinajstić information content (AvgIpc) is 2.50. The molecule has 0 radical (unpaired) electrons. The first-order chi connectivity index (χ1) is 10.4. The van der Waals surface area contributed by atoms with Gasteiger partial charge in [0.25, 0.3) is 0 Å². The van der Waals surface area contributed by atoms with Crippen molar-refractivity contribution in [2.24, 2.45) is 5.84 Å². The summed E-state index contributed by atoms with van der Waals surface area (Å²) in [7, 11) is 1.70. The van der Waals surface area contributed by atoms with Gasteiger partial charge in [0, 0.05) is 0 Å². The van der Waals surface area contributed by atoms with Crippen molar-refractivity contribution in [1.29, 1.82) is 0 Å². The molecule has 0 saturated heterocycles. The van der Waals surface area contributed by atoms with Gasteiger partial charge in [-0.25, -0.2) is 5.43 Å². The molecule has 20 heteroatoms. The maximum absolute atomic E-state index is 4.90. The van der Waals surface area contributed by atoms with Crippen LogP contribution in [-0.4, -0.2) is 7.05 Å².